The van der Waals surface area contributed by atoms with E-state index < -0.39 is 0 Å². The van der Waals surface area contributed by atoms with E-state index in [1.165, 1.54) is 0 Å². The average molecular weight is 318 g/mol. The van der Waals surface area contributed by atoms with Crippen molar-refractivity contribution in [2.24, 2.45) is 5.92 Å². The van der Waals surface area contributed by atoms with Gasteiger partial charge in [-0.2, -0.15) is 4.98 Å². The van der Waals surface area contributed by atoms with Gasteiger partial charge in [-0.25, -0.2) is 0 Å². The summed E-state index contributed by atoms with van der Waals surface area (Å²) in [7, 11) is 1.70. The Balaban J connectivity index is 1.48. The fourth-order valence-electron chi connectivity index (χ4n) is 2.88. The molecule has 2 aliphatic rings. The molecule has 0 unspecified atom stereocenters. The summed E-state index contributed by atoms with van der Waals surface area (Å²) in [4.78, 5) is 4.48. The van der Waals surface area contributed by atoms with Gasteiger partial charge >= 0.3 is 0 Å². The second-order valence-electron chi connectivity index (χ2n) is 5.53. The number of rotatable bonds is 5. The predicted molar refractivity (Wildman–Crippen MR) is 80.9 cm³/mol. The third kappa shape index (κ3) is 2.82. The Morgan fingerprint density at radius 2 is 2.26 bits per heavy atom. The first-order valence-electron chi connectivity index (χ1n) is 7.53. The van der Waals surface area contributed by atoms with Gasteiger partial charge in [-0.15, -0.1) is 5.10 Å². The van der Waals surface area contributed by atoms with Gasteiger partial charge < -0.3 is 24.3 Å². The summed E-state index contributed by atoms with van der Waals surface area (Å²) in [5.41, 5.74) is 0.834. The molecule has 4 rings (SSSR count). The molecule has 1 aromatic heterocycles. The maximum Gasteiger partial charge on any atom is 0.246 e. The van der Waals surface area contributed by atoms with E-state index in [-0.39, 0.29) is 12.9 Å². The van der Waals surface area contributed by atoms with Crippen LogP contribution < -0.4 is 14.8 Å². The molecule has 0 radical (unpaired) electrons. The van der Waals surface area contributed by atoms with Gasteiger partial charge in [0, 0.05) is 31.4 Å². The number of hydrogen-bond acceptors (Lipinski definition) is 7. The Hall–Kier alpha value is -2.32. The number of benzene rings is 1. The van der Waals surface area contributed by atoms with Gasteiger partial charge in [-0.1, -0.05) is 0 Å². The van der Waals surface area contributed by atoms with Crippen molar-refractivity contribution in [1.29, 1.82) is 0 Å². The van der Waals surface area contributed by atoms with Crippen LogP contribution in [0.25, 0.3) is 0 Å². The van der Waals surface area contributed by atoms with Crippen molar-refractivity contribution < 1.29 is 18.9 Å². The van der Waals surface area contributed by atoms with E-state index in [0.717, 1.165) is 17.9 Å². The van der Waals surface area contributed by atoms with Crippen LogP contribution in [0.5, 0.6) is 11.5 Å². The number of fused-ring (bicyclic) bond motifs is 1. The standard InChI is InChI=1S/C15H18N4O4/c1-20-7-9-4-5-21-13(9)14-17-15(19-18-14)16-10-2-3-11-12(6-10)23-8-22-11/h2-3,6,9,13H,4-5,7-8H2,1H3,(H2,16,17,18,19)/t9-,13-/m0/s1. The zero-order valence-corrected chi connectivity index (χ0v) is 12.7. The molecular formula is C15H18N4O4. The molecule has 0 spiro atoms. The number of ether oxygens (including phenoxy) is 4. The summed E-state index contributed by atoms with van der Waals surface area (Å²) in [5, 5.41) is 10.3. The van der Waals surface area contributed by atoms with Gasteiger partial charge in [0.05, 0.1) is 6.61 Å². The largest absolute Gasteiger partial charge is 0.454 e. The molecular weight excluding hydrogens is 300 g/mol. The maximum atomic E-state index is 5.75. The highest BCUT2D eigenvalue weighted by Crippen LogP contribution is 2.35. The molecule has 1 saturated heterocycles. The summed E-state index contributed by atoms with van der Waals surface area (Å²) in [6.45, 7) is 1.62. The van der Waals surface area contributed by atoms with Gasteiger partial charge in [0.1, 0.15) is 6.10 Å². The van der Waals surface area contributed by atoms with Crippen molar-refractivity contribution in [1.82, 2.24) is 15.2 Å². The van der Waals surface area contributed by atoms with Crippen LogP contribution in [0, 0.1) is 5.92 Å². The number of nitrogens with zero attached hydrogens (tertiary/aromatic N) is 2. The Morgan fingerprint density at radius 1 is 1.35 bits per heavy atom. The molecule has 8 nitrogen and oxygen atoms in total. The number of methoxy groups -OCH3 is 1. The first-order chi connectivity index (χ1) is 11.3. The number of nitrogens with one attached hydrogen (secondary N) is 2. The number of aromatic amines is 1. The monoisotopic (exact) mass is 318 g/mol. The Kier molecular flexibility index (Phi) is 3.76. The normalized spacial score (nSPS) is 22.5. The third-order valence-electron chi connectivity index (χ3n) is 4.00. The van der Waals surface area contributed by atoms with Gasteiger partial charge in [0.2, 0.25) is 12.7 Å². The minimum Gasteiger partial charge on any atom is -0.454 e. The Labute approximate surface area is 133 Å². The molecule has 2 N–H and O–H groups in total. The van der Waals surface area contributed by atoms with Crippen molar-refractivity contribution in [3.63, 3.8) is 0 Å². The average Bonchev–Trinajstić information content (AvgIpc) is 3.27. The molecule has 122 valence electrons. The van der Waals surface area contributed by atoms with Crippen LogP contribution in [-0.4, -0.2) is 42.3 Å². The van der Waals surface area contributed by atoms with E-state index in [0.29, 0.717) is 36.7 Å². The van der Waals surface area contributed by atoms with Crippen molar-refractivity contribution in [3.05, 3.63) is 24.0 Å². The van der Waals surface area contributed by atoms with Crippen LogP contribution in [0.1, 0.15) is 18.3 Å². The molecule has 0 bridgehead atoms. The predicted octanol–water partition coefficient (Wildman–Crippen LogP) is 2.00. The molecule has 0 amide bonds. The summed E-state index contributed by atoms with van der Waals surface area (Å²) in [5.74, 6) is 2.96. The maximum absolute atomic E-state index is 5.75. The quantitative estimate of drug-likeness (QED) is 0.871. The van der Waals surface area contributed by atoms with E-state index in [9.17, 15) is 0 Å². The third-order valence-corrected chi connectivity index (χ3v) is 4.00. The minimum absolute atomic E-state index is 0.102. The van der Waals surface area contributed by atoms with Gasteiger partial charge in [0.15, 0.2) is 17.3 Å². The van der Waals surface area contributed by atoms with Crippen molar-refractivity contribution >= 4 is 11.6 Å². The Morgan fingerprint density at radius 3 is 3.17 bits per heavy atom. The van der Waals surface area contributed by atoms with Crippen LogP contribution >= 0.6 is 0 Å². The molecule has 2 aliphatic heterocycles. The van der Waals surface area contributed by atoms with E-state index >= 15 is 0 Å². The molecule has 2 atom stereocenters. The lowest BCUT2D eigenvalue weighted by atomic mass is 10.0. The summed E-state index contributed by atoms with van der Waals surface area (Å²) < 4.78 is 21.6. The Bertz CT molecular complexity index is 690. The van der Waals surface area contributed by atoms with E-state index in [2.05, 4.69) is 20.5 Å². The second-order valence-corrected chi connectivity index (χ2v) is 5.53. The fourth-order valence-corrected chi connectivity index (χ4v) is 2.88. The topological polar surface area (TPSA) is 90.5 Å². The summed E-state index contributed by atoms with van der Waals surface area (Å²) >= 11 is 0. The van der Waals surface area contributed by atoms with Gasteiger partial charge in [-0.3, -0.25) is 5.10 Å². The van der Waals surface area contributed by atoms with Crippen LogP contribution in [0.15, 0.2) is 18.2 Å². The van der Waals surface area contributed by atoms with E-state index in [4.69, 9.17) is 18.9 Å². The van der Waals surface area contributed by atoms with Crippen LogP contribution in [0.4, 0.5) is 11.6 Å². The van der Waals surface area contributed by atoms with Crippen molar-refractivity contribution in [2.75, 3.05) is 32.4 Å². The zero-order valence-electron chi connectivity index (χ0n) is 12.7. The lowest BCUT2D eigenvalue weighted by molar-refractivity contribution is 0.0539. The smallest absolute Gasteiger partial charge is 0.246 e. The van der Waals surface area contributed by atoms with Gasteiger partial charge in [0.25, 0.3) is 0 Å². The minimum atomic E-state index is -0.102. The number of H-pyrrole nitrogens is 1. The van der Waals surface area contributed by atoms with Crippen molar-refractivity contribution in [2.45, 2.75) is 12.5 Å². The summed E-state index contributed by atoms with van der Waals surface area (Å²) in [6, 6.07) is 5.61. The molecule has 0 aliphatic carbocycles. The molecule has 2 aromatic rings. The molecule has 1 aromatic carbocycles. The lowest BCUT2D eigenvalue weighted by Gasteiger charge is -2.14. The lowest BCUT2D eigenvalue weighted by Crippen LogP contribution is -2.14. The van der Waals surface area contributed by atoms with E-state index in [1.807, 2.05) is 18.2 Å². The molecule has 0 saturated carbocycles. The number of hydrogen-bond donors (Lipinski definition) is 2. The fraction of sp³-hybridized carbons (Fsp3) is 0.467. The zero-order chi connectivity index (χ0) is 15.6. The van der Waals surface area contributed by atoms with Crippen molar-refractivity contribution in [3.8, 4) is 11.5 Å². The highest BCUT2D eigenvalue weighted by atomic mass is 16.7. The highest BCUT2D eigenvalue weighted by molar-refractivity contribution is 5.60. The second kappa shape index (κ2) is 6.05. The van der Waals surface area contributed by atoms with E-state index in [1.54, 1.807) is 7.11 Å². The summed E-state index contributed by atoms with van der Waals surface area (Å²) in [6.07, 6.45) is 0.860. The van der Waals surface area contributed by atoms with Crippen LogP contribution in [-0.2, 0) is 9.47 Å². The van der Waals surface area contributed by atoms with Crippen LogP contribution in [0.3, 0.4) is 0 Å². The molecule has 3 heterocycles. The molecule has 23 heavy (non-hydrogen) atoms. The highest BCUT2D eigenvalue weighted by Gasteiger charge is 2.32. The van der Waals surface area contributed by atoms with Crippen LogP contribution in [0.2, 0.25) is 0 Å². The molecule has 1 fully saturated rings. The SMILES string of the molecule is COC[C@@H]1CCO[C@@H]1c1nc(Nc2ccc3c(c2)OCO3)n[nH]1. The van der Waals surface area contributed by atoms with Gasteiger partial charge in [-0.05, 0) is 18.6 Å². The first-order valence-corrected chi connectivity index (χ1v) is 7.53. The number of anilines is 2. The first kappa shape index (κ1) is 14.3. The number of aromatic nitrogens is 3. The molecule has 8 heteroatoms.